The van der Waals surface area contributed by atoms with Crippen molar-refractivity contribution in [3.05, 3.63) is 60.3 Å². The topological polar surface area (TPSA) is 61.0 Å². The Morgan fingerprint density at radius 2 is 1.73 bits per heavy atom. The number of para-hydroxylation sites is 1. The summed E-state index contributed by atoms with van der Waals surface area (Å²) in [6, 6.07) is 17.7. The van der Waals surface area contributed by atoms with E-state index in [0.717, 1.165) is 33.5 Å². The van der Waals surface area contributed by atoms with Crippen LogP contribution in [0.5, 0.6) is 5.75 Å². The van der Waals surface area contributed by atoms with Gasteiger partial charge in [-0.1, -0.05) is 23.4 Å². The summed E-state index contributed by atoms with van der Waals surface area (Å²) in [5.74, 6) is 1.83. The minimum Gasteiger partial charge on any atom is -0.491 e. The number of aromatic nitrogens is 3. The maximum Gasteiger partial charge on any atom is 0.260 e. The molecule has 5 heteroatoms. The normalized spacial score (nSPS) is 11.2. The second-order valence-corrected chi connectivity index (χ2v) is 6.44. The first kappa shape index (κ1) is 16.3. The number of aryl methyl sites for hydroxylation is 1. The lowest BCUT2D eigenvalue weighted by Gasteiger charge is -2.09. The number of pyridine rings is 1. The number of nitrogens with zero attached hydrogens (tertiary/aromatic N) is 3. The van der Waals surface area contributed by atoms with Crippen LogP contribution in [-0.2, 0) is 0 Å². The van der Waals surface area contributed by atoms with Crippen LogP contribution in [0.25, 0.3) is 33.7 Å². The minimum atomic E-state index is 0.139. The first-order chi connectivity index (χ1) is 12.6. The highest BCUT2D eigenvalue weighted by atomic mass is 16.5. The predicted octanol–water partition coefficient (Wildman–Crippen LogP) is 5.05. The molecule has 0 saturated carbocycles. The molecule has 0 aliphatic heterocycles. The summed E-state index contributed by atoms with van der Waals surface area (Å²) in [5.41, 5.74) is 3.53. The lowest BCUT2D eigenvalue weighted by Crippen LogP contribution is -2.05. The summed E-state index contributed by atoms with van der Waals surface area (Å²) < 4.78 is 11.2. The number of rotatable bonds is 4. The highest BCUT2D eigenvalue weighted by molar-refractivity contribution is 5.91. The molecule has 130 valence electrons. The van der Waals surface area contributed by atoms with E-state index in [-0.39, 0.29) is 6.10 Å². The summed E-state index contributed by atoms with van der Waals surface area (Å²) in [5, 5.41) is 5.17. The molecule has 5 nitrogen and oxygen atoms in total. The summed E-state index contributed by atoms with van der Waals surface area (Å²) >= 11 is 0. The smallest absolute Gasteiger partial charge is 0.260 e. The van der Waals surface area contributed by atoms with Gasteiger partial charge in [-0.2, -0.15) is 4.98 Å². The molecule has 0 aliphatic rings. The van der Waals surface area contributed by atoms with Gasteiger partial charge < -0.3 is 9.26 Å². The van der Waals surface area contributed by atoms with Crippen LogP contribution < -0.4 is 4.74 Å². The number of ether oxygens (including phenoxy) is 1. The summed E-state index contributed by atoms with van der Waals surface area (Å²) in [7, 11) is 0. The van der Waals surface area contributed by atoms with Crippen LogP contribution in [0, 0.1) is 6.92 Å². The first-order valence-electron chi connectivity index (χ1n) is 8.58. The fourth-order valence-electron chi connectivity index (χ4n) is 2.82. The lowest BCUT2D eigenvalue weighted by molar-refractivity contribution is 0.242. The molecule has 26 heavy (non-hydrogen) atoms. The van der Waals surface area contributed by atoms with Crippen LogP contribution in [0.2, 0.25) is 0 Å². The van der Waals surface area contributed by atoms with Gasteiger partial charge in [0.15, 0.2) is 0 Å². The van der Waals surface area contributed by atoms with Crippen LogP contribution in [0.3, 0.4) is 0 Å². The van der Waals surface area contributed by atoms with Crippen molar-refractivity contribution in [1.82, 2.24) is 15.1 Å². The fourth-order valence-corrected chi connectivity index (χ4v) is 2.82. The standard InChI is InChI=1S/C21H19N3O2/c1-13(2)25-17-11-9-16(10-12-17)20-23-21(26-24-20)18-6-4-5-15-8-7-14(3)22-19(15)18/h4-13H,1-3H3. The van der Waals surface area contributed by atoms with Gasteiger partial charge in [0, 0.05) is 16.6 Å². The Morgan fingerprint density at radius 3 is 2.50 bits per heavy atom. The van der Waals surface area contributed by atoms with E-state index >= 15 is 0 Å². The molecule has 4 rings (SSSR count). The van der Waals surface area contributed by atoms with E-state index < -0.39 is 0 Å². The van der Waals surface area contributed by atoms with Crippen LogP contribution in [0.1, 0.15) is 19.5 Å². The largest absolute Gasteiger partial charge is 0.491 e. The Balaban J connectivity index is 1.70. The van der Waals surface area contributed by atoms with Crippen molar-refractivity contribution in [1.29, 1.82) is 0 Å². The maximum absolute atomic E-state index is 5.67. The molecule has 2 heterocycles. The van der Waals surface area contributed by atoms with Gasteiger partial charge in [0.1, 0.15) is 5.75 Å². The molecular formula is C21H19N3O2. The van der Waals surface area contributed by atoms with E-state index in [1.165, 1.54) is 0 Å². The number of hydrogen-bond donors (Lipinski definition) is 0. The first-order valence-corrected chi connectivity index (χ1v) is 8.58. The van der Waals surface area contributed by atoms with Gasteiger partial charge in [-0.25, -0.2) is 0 Å². The third kappa shape index (κ3) is 3.16. The van der Waals surface area contributed by atoms with Crippen molar-refractivity contribution >= 4 is 10.9 Å². The van der Waals surface area contributed by atoms with Crippen LogP contribution in [0.15, 0.2) is 59.1 Å². The third-order valence-electron chi connectivity index (χ3n) is 4.00. The van der Waals surface area contributed by atoms with Crippen LogP contribution >= 0.6 is 0 Å². The number of benzene rings is 2. The molecule has 0 bridgehead atoms. The summed E-state index contributed by atoms with van der Waals surface area (Å²) in [6.45, 7) is 5.97. The van der Waals surface area contributed by atoms with E-state index in [1.54, 1.807) is 0 Å². The molecule has 0 spiro atoms. The molecule has 0 aliphatic carbocycles. The molecule has 0 saturated heterocycles. The van der Waals surface area contributed by atoms with E-state index in [9.17, 15) is 0 Å². The van der Waals surface area contributed by atoms with Crippen molar-refractivity contribution in [3.63, 3.8) is 0 Å². The second kappa shape index (κ2) is 6.59. The van der Waals surface area contributed by atoms with Crippen LogP contribution in [0.4, 0.5) is 0 Å². The average molecular weight is 345 g/mol. The molecule has 0 unspecified atom stereocenters. The molecule has 0 amide bonds. The van der Waals surface area contributed by atoms with Crippen molar-refractivity contribution in [3.8, 4) is 28.6 Å². The molecule has 2 aromatic carbocycles. The van der Waals surface area contributed by atoms with Gasteiger partial charge in [0.25, 0.3) is 5.89 Å². The zero-order valence-corrected chi connectivity index (χ0v) is 14.9. The van der Waals surface area contributed by atoms with Gasteiger partial charge in [-0.3, -0.25) is 4.98 Å². The molecule has 0 radical (unpaired) electrons. The molecule has 4 aromatic rings. The molecule has 0 N–H and O–H groups in total. The molecule has 0 atom stereocenters. The number of hydrogen-bond acceptors (Lipinski definition) is 5. The Morgan fingerprint density at radius 1 is 0.923 bits per heavy atom. The Bertz CT molecular complexity index is 1050. The van der Waals surface area contributed by atoms with Gasteiger partial charge in [-0.05, 0) is 57.2 Å². The van der Waals surface area contributed by atoms with E-state index in [4.69, 9.17) is 9.26 Å². The van der Waals surface area contributed by atoms with Crippen LogP contribution in [-0.4, -0.2) is 21.2 Å². The summed E-state index contributed by atoms with van der Waals surface area (Å²) in [4.78, 5) is 9.19. The summed E-state index contributed by atoms with van der Waals surface area (Å²) in [6.07, 6.45) is 0.139. The zero-order chi connectivity index (χ0) is 18.1. The van der Waals surface area contributed by atoms with Crippen molar-refractivity contribution in [2.24, 2.45) is 0 Å². The van der Waals surface area contributed by atoms with Gasteiger partial charge in [-0.15, -0.1) is 0 Å². The Hall–Kier alpha value is -3.21. The Kier molecular flexibility index (Phi) is 4.13. The van der Waals surface area contributed by atoms with Gasteiger partial charge >= 0.3 is 0 Å². The second-order valence-electron chi connectivity index (χ2n) is 6.44. The Labute approximate surface area is 151 Å². The van der Waals surface area contributed by atoms with E-state index in [2.05, 4.69) is 15.1 Å². The maximum atomic E-state index is 5.67. The van der Waals surface area contributed by atoms with Gasteiger partial charge in [0.05, 0.1) is 17.2 Å². The lowest BCUT2D eigenvalue weighted by atomic mass is 10.1. The fraction of sp³-hybridized carbons (Fsp3) is 0.190. The monoisotopic (exact) mass is 345 g/mol. The number of fused-ring (bicyclic) bond motifs is 1. The minimum absolute atomic E-state index is 0.139. The highest BCUT2D eigenvalue weighted by Crippen LogP contribution is 2.28. The SMILES string of the molecule is Cc1ccc2cccc(-c3nc(-c4ccc(OC(C)C)cc4)no3)c2n1. The zero-order valence-electron chi connectivity index (χ0n) is 14.9. The molecule has 0 fully saturated rings. The third-order valence-corrected chi connectivity index (χ3v) is 4.00. The quantitative estimate of drug-likeness (QED) is 0.518. The van der Waals surface area contributed by atoms with Crippen molar-refractivity contribution < 1.29 is 9.26 Å². The van der Waals surface area contributed by atoms with Crippen molar-refractivity contribution in [2.75, 3.05) is 0 Å². The molecular weight excluding hydrogens is 326 g/mol. The van der Waals surface area contributed by atoms with E-state index in [0.29, 0.717) is 11.7 Å². The average Bonchev–Trinajstić information content (AvgIpc) is 3.11. The highest BCUT2D eigenvalue weighted by Gasteiger charge is 2.14. The van der Waals surface area contributed by atoms with Gasteiger partial charge in [0.2, 0.25) is 5.82 Å². The van der Waals surface area contributed by atoms with E-state index in [1.807, 2.05) is 75.4 Å². The van der Waals surface area contributed by atoms with Crippen molar-refractivity contribution in [2.45, 2.75) is 26.9 Å². The molecule has 2 aromatic heterocycles. The predicted molar refractivity (Wildman–Crippen MR) is 101 cm³/mol.